The minimum absolute atomic E-state index is 0.281. The molecular formula is C18H28N2O. The van der Waals surface area contributed by atoms with Crippen LogP contribution in [0.15, 0.2) is 30.3 Å². The van der Waals surface area contributed by atoms with E-state index in [0.29, 0.717) is 12.1 Å². The van der Waals surface area contributed by atoms with Crippen molar-refractivity contribution in [2.24, 2.45) is 5.92 Å². The van der Waals surface area contributed by atoms with Crippen LogP contribution in [-0.4, -0.2) is 43.3 Å². The van der Waals surface area contributed by atoms with Gasteiger partial charge in [-0.1, -0.05) is 30.3 Å². The Hall–Kier alpha value is -0.900. The van der Waals surface area contributed by atoms with Gasteiger partial charge in [0.15, 0.2) is 0 Å². The smallest absolute Gasteiger partial charge is 0.0615 e. The molecule has 1 saturated carbocycles. The molecule has 1 heterocycles. The number of methoxy groups -OCH3 is 1. The number of benzene rings is 1. The quantitative estimate of drug-likeness (QED) is 0.901. The van der Waals surface area contributed by atoms with E-state index < -0.39 is 0 Å². The Balaban J connectivity index is 1.79. The highest BCUT2D eigenvalue weighted by atomic mass is 16.5. The molecule has 0 radical (unpaired) electrons. The zero-order chi connectivity index (χ0) is 14.9. The third kappa shape index (κ3) is 3.01. The Kier molecular flexibility index (Phi) is 4.34. The van der Waals surface area contributed by atoms with Crippen LogP contribution >= 0.6 is 0 Å². The maximum absolute atomic E-state index is 5.43. The number of nitrogens with one attached hydrogen (secondary N) is 1. The van der Waals surface area contributed by atoms with Crippen LogP contribution in [0.2, 0.25) is 0 Å². The van der Waals surface area contributed by atoms with Crippen LogP contribution in [0, 0.1) is 5.92 Å². The highest BCUT2D eigenvalue weighted by molar-refractivity contribution is 5.21. The first kappa shape index (κ1) is 15.0. The van der Waals surface area contributed by atoms with Crippen molar-refractivity contribution in [2.75, 3.05) is 26.8 Å². The highest BCUT2D eigenvalue weighted by Gasteiger charge is 2.49. The fraction of sp³-hybridized carbons (Fsp3) is 0.667. The number of hydrogen-bond donors (Lipinski definition) is 1. The number of rotatable bonds is 5. The second-order valence-electron chi connectivity index (χ2n) is 6.93. The molecule has 3 nitrogen and oxygen atoms in total. The summed E-state index contributed by atoms with van der Waals surface area (Å²) in [7, 11) is 1.81. The molecule has 0 amide bonds. The van der Waals surface area contributed by atoms with Crippen LogP contribution in [0.5, 0.6) is 0 Å². The average molecular weight is 288 g/mol. The molecular weight excluding hydrogens is 260 g/mol. The highest BCUT2D eigenvalue weighted by Crippen LogP contribution is 2.45. The maximum Gasteiger partial charge on any atom is 0.0615 e. The maximum atomic E-state index is 5.43. The van der Waals surface area contributed by atoms with Gasteiger partial charge in [-0.2, -0.15) is 0 Å². The van der Waals surface area contributed by atoms with Crippen molar-refractivity contribution >= 4 is 0 Å². The van der Waals surface area contributed by atoms with E-state index in [1.165, 1.54) is 18.4 Å². The van der Waals surface area contributed by atoms with E-state index in [2.05, 4.69) is 54.4 Å². The largest absolute Gasteiger partial charge is 0.383 e. The minimum Gasteiger partial charge on any atom is -0.383 e. The molecule has 116 valence electrons. The van der Waals surface area contributed by atoms with Crippen molar-refractivity contribution < 1.29 is 4.74 Å². The van der Waals surface area contributed by atoms with E-state index >= 15 is 0 Å². The summed E-state index contributed by atoms with van der Waals surface area (Å²) in [6.07, 6.45) is 2.76. The fourth-order valence-electron chi connectivity index (χ4n) is 3.91. The van der Waals surface area contributed by atoms with Gasteiger partial charge in [-0.05, 0) is 38.2 Å². The lowest BCUT2D eigenvalue weighted by Gasteiger charge is -2.51. The molecule has 2 aliphatic rings. The van der Waals surface area contributed by atoms with Gasteiger partial charge in [0.2, 0.25) is 0 Å². The van der Waals surface area contributed by atoms with E-state index in [4.69, 9.17) is 4.74 Å². The van der Waals surface area contributed by atoms with Crippen molar-refractivity contribution in [1.29, 1.82) is 0 Å². The molecule has 1 aromatic carbocycles. The first-order valence-corrected chi connectivity index (χ1v) is 8.19. The molecule has 2 fully saturated rings. The lowest BCUT2D eigenvalue weighted by Crippen LogP contribution is -2.64. The molecule has 1 aliphatic heterocycles. The van der Waals surface area contributed by atoms with Crippen LogP contribution in [0.4, 0.5) is 0 Å². The van der Waals surface area contributed by atoms with E-state index in [9.17, 15) is 0 Å². The molecule has 0 aromatic heterocycles. The second-order valence-corrected chi connectivity index (χ2v) is 6.93. The van der Waals surface area contributed by atoms with Gasteiger partial charge in [0.1, 0.15) is 0 Å². The summed E-state index contributed by atoms with van der Waals surface area (Å²) in [4.78, 5) is 2.70. The Morgan fingerprint density at radius 2 is 2.05 bits per heavy atom. The Morgan fingerprint density at radius 3 is 2.67 bits per heavy atom. The Labute approximate surface area is 128 Å². The number of piperazine rings is 1. The molecule has 1 N–H and O–H groups in total. The molecule has 21 heavy (non-hydrogen) atoms. The summed E-state index contributed by atoms with van der Waals surface area (Å²) in [5.74, 6) is 0.848. The molecule has 1 aromatic rings. The summed E-state index contributed by atoms with van der Waals surface area (Å²) in [5.41, 5.74) is 1.67. The van der Waals surface area contributed by atoms with Crippen LogP contribution in [0.25, 0.3) is 0 Å². The molecule has 1 saturated heterocycles. The molecule has 1 aliphatic carbocycles. The summed E-state index contributed by atoms with van der Waals surface area (Å²) in [5, 5.41) is 3.79. The zero-order valence-corrected chi connectivity index (χ0v) is 13.5. The molecule has 3 rings (SSSR count). The second kappa shape index (κ2) is 6.07. The van der Waals surface area contributed by atoms with Crippen molar-refractivity contribution in [1.82, 2.24) is 10.2 Å². The molecule has 3 atom stereocenters. The normalized spacial score (nSPS) is 32.0. The van der Waals surface area contributed by atoms with E-state index in [-0.39, 0.29) is 5.54 Å². The summed E-state index contributed by atoms with van der Waals surface area (Å²) < 4.78 is 5.43. The van der Waals surface area contributed by atoms with E-state index in [0.717, 1.165) is 25.6 Å². The molecule has 0 spiro atoms. The predicted molar refractivity (Wildman–Crippen MR) is 86.4 cm³/mol. The first-order valence-electron chi connectivity index (χ1n) is 8.19. The minimum atomic E-state index is 0.281. The Bertz CT molecular complexity index is 460. The van der Waals surface area contributed by atoms with E-state index in [1.54, 1.807) is 0 Å². The topological polar surface area (TPSA) is 24.5 Å². The lowest BCUT2D eigenvalue weighted by atomic mass is 9.87. The van der Waals surface area contributed by atoms with Crippen molar-refractivity contribution in [2.45, 2.75) is 44.3 Å². The van der Waals surface area contributed by atoms with Crippen molar-refractivity contribution in [3.05, 3.63) is 35.9 Å². The first-order chi connectivity index (χ1) is 10.1. The summed E-state index contributed by atoms with van der Waals surface area (Å²) >= 11 is 0. The zero-order valence-electron chi connectivity index (χ0n) is 13.5. The van der Waals surface area contributed by atoms with Gasteiger partial charge in [0, 0.05) is 37.8 Å². The van der Waals surface area contributed by atoms with Crippen LogP contribution in [0.1, 0.15) is 38.3 Å². The van der Waals surface area contributed by atoms with Crippen molar-refractivity contribution in [3.8, 4) is 0 Å². The van der Waals surface area contributed by atoms with Gasteiger partial charge in [0.25, 0.3) is 0 Å². The summed E-state index contributed by atoms with van der Waals surface area (Å²) in [6.45, 7) is 7.69. The molecule has 3 unspecified atom stereocenters. The number of hydrogen-bond acceptors (Lipinski definition) is 3. The Morgan fingerprint density at radius 1 is 1.33 bits per heavy atom. The van der Waals surface area contributed by atoms with Crippen LogP contribution < -0.4 is 5.32 Å². The third-order valence-electron chi connectivity index (χ3n) is 5.34. The van der Waals surface area contributed by atoms with Gasteiger partial charge < -0.3 is 10.1 Å². The van der Waals surface area contributed by atoms with Crippen LogP contribution in [0.3, 0.4) is 0 Å². The molecule has 0 bridgehead atoms. The predicted octanol–water partition coefficient (Wildman–Crippen LogP) is 2.84. The average Bonchev–Trinajstić information content (AvgIpc) is 3.34. The van der Waals surface area contributed by atoms with E-state index in [1.807, 2.05) is 7.11 Å². The summed E-state index contributed by atoms with van der Waals surface area (Å²) in [6, 6.07) is 11.7. The van der Waals surface area contributed by atoms with Crippen LogP contribution in [-0.2, 0) is 4.74 Å². The monoisotopic (exact) mass is 288 g/mol. The van der Waals surface area contributed by atoms with Gasteiger partial charge >= 0.3 is 0 Å². The SMILES string of the molecule is COCC(C)N1CC(c2ccccc2)NCC1(C)C1CC1. The van der Waals surface area contributed by atoms with Gasteiger partial charge in [-0.25, -0.2) is 0 Å². The number of nitrogens with zero attached hydrogens (tertiary/aromatic N) is 1. The molecule has 3 heteroatoms. The lowest BCUT2D eigenvalue weighted by molar-refractivity contribution is -0.0218. The standard InChI is InChI=1S/C18H28N2O/c1-14(12-21-3)20-11-17(15-7-5-4-6-8-15)19-13-18(20,2)16-9-10-16/h4-8,14,16-17,19H,9-13H2,1-3H3. The fourth-order valence-corrected chi connectivity index (χ4v) is 3.91. The van der Waals surface area contributed by atoms with Gasteiger partial charge in [0.05, 0.1) is 6.61 Å². The third-order valence-corrected chi connectivity index (χ3v) is 5.34. The van der Waals surface area contributed by atoms with Crippen molar-refractivity contribution in [3.63, 3.8) is 0 Å². The van der Waals surface area contributed by atoms with Gasteiger partial charge in [-0.3, -0.25) is 4.90 Å². The van der Waals surface area contributed by atoms with Gasteiger partial charge in [-0.15, -0.1) is 0 Å². The number of ether oxygens (including phenoxy) is 1.